The largest absolute Gasteiger partial charge is 0.354 e. The Kier molecular flexibility index (Phi) is 5.76. The Morgan fingerprint density at radius 3 is 2.79 bits per heavy atom. The number of hydrogen-bond donors (Lipinski definition) is 1. The summed E-state index contributed by atoms with van der Waals surface area (Å²) in [5, 5.41) is 5.19. The fourth-order valence-corrected chi connectivity index (χ4v) is 4.26. The fourth-order valence-electron chi connectivity index (χ4n) is 2.36. The van der Waals surface area contributed by atoms with Gasteiger partial charge in [-0.05, 0) is 22.9 Å². The number of nitrogens with zero attached hydrogens (tertiary/aromatic N) is 1. The molecular formula is C17H16N2O2S3. The van der Waals surface area contributed by atoms with Gasteiger partial charge in [0.15, 0.2) is 0 Å². The molecule has 0 atom stereocenters. The lowest BCUT2D eigenvalue weighted by molar-refractivity contribution is -0.124. The molecule has 2 amide bonds. The van der Waals surface area contributed by atoms with Gasteiger partial charge in [-0.2, -0.15) is 0 Å². The van der Waals surface area contributed by atoms with Crippen LogP contribution in [0.5, 0.6) is 0 Å². The minimum Gasteiger partial charge on any atom is -0.354 e. The first-order valence-corrected chi connectivity index (χ1v) is 9.87. The van der Waals surface area contributed by atoms with Gasteiger partial charge >= 0.3 is 0 Å². The van der Waals surface area contributed by atoms with Crippen LogP contribution in [0.4, 0.5) is 0 Å². The minimum absolute atomic E-state index is 0.0183. The summed E-state index contributed by atoms with van der Waals surface area (Å²) in [6, 6.07) is 14.3. The maximum Gasteiger partial charge on any atom is 0.238 e. The zero-order valence-corrected chi connectivity index (χ0v) is 15.3. The van der Waals surface area contributed by atoms with Crippen molar-refractivity contribution in [3.05, 3.63) is 42.5 Å². The summed E-state index contributed by atoms with van der Waals surface area (Å²) in [4.78, 5) is 26.1. The molecule has 24 heavy (non-hydrogen) atoms. The Balaban J connectivity index is 1.45. The first-order chi connectivity index (χ1) is 11.6. The molecular weight excluding hydrogens is 360 g/mol. The molecule has 1 N–H and O–H groups in total. The van der Waals surface area contributed by atoms with Crippen LogP contribution in [0.25, 0.3) is 10.8 Å². The zero-order valence-electron chi connectivity index (χ0n) is 12.9. The molecule has 1 aliphatic heterocycles. The van der Waals surface area contributed by atoms with E-state index < -0.39 is 0 Å². The van der Waals surface area contributed by atoms with Crippen LogP contribution >= 0.6 is 35.7 Å². The Hall–Kier alpha value is -1.57. The van der Waals surface area contributed by atoms with Gasteiger partial charge in [0.1, 0.15) is 4.32 Å². The van der Waals surface area contributed by atoms with Gasteiger partial charge in [-0.15, -0.1) is 11.8 Å². The van der Waals surface area contributed by atoms with Gasteiger partial charge in [0.05, 0.1) is 11.5 Å². The van der Waals surface area contributed by atoms with E-state index in [-0.39, 0.29) is 11.8 Å². The van der Waals surface area contributed by atoms with Gasteiger partial charge in [0.25, 0.3) is 0 Å². The summed E-state index contributed by atoms with van der Waals surface area (Å²) in [7, 11) is 0. The van der Waals surface area contributed by atoms with Crippen LogP contribution in [0.2, 0.25) is 0 Å². The highest BCUT2D eigenvalue weighted by Crippen LogP contribution is 2.23. The molecule has 124 valence electrons. The van der Waals surface area contributed by atoms with Gasteiger partial charge in [-0.1, -0.05) is 54.3 Å². The molecule has 0 bridgehead atoms. The van der Waals surface area contributed by atoms with Crippen molar-refractivity contribution in [3.63, 3.8) is 0 Å². The van der Waals surface area contributed by atoms with Gasteiger partial charge in [-0.3, -0.25) is 14.5 Å². The Bertz CT molecular complexity index is 778. The third kappa shape index (κ3) is 4.28. The van der Waals surface area contributed by atoms with Crippen LogP contribution in [0.1, 0.15) is 0 Å². The molecule has 3 rings (SSSR count). The quantitative estimate of drug-likeness (QED) is 0.621. The number of carbonyl (C=O) groups excluding carboxylic acids is 2. The van der Waals surface area contributed by atoms with Gasteiger partial charge < -0.3 is 5.32 Å². The maximum atomic E-state index is 11.9. The molecule has 1 aliphatic rings. The van der Waals surface area contributed by atoms with E-state index >= 15 is 0 Å². The van der Waals surface area contributed by atoms with E-state index in [0.717, 1.165) is 4.90 Å². The molecule has 2 aromatic carbocycles. The Morgan fingerprint density at radius 1 is 1.25 bits per heavy atom. The van der Waals surface area contributed by atoms with Crippen molar-refractivity contribution in [1.29, 1.82) is 0 Å². The van der Waals surface area contributed by atoms with E-state index in [1.54, 1.807) is 4.90 Å². The topological polar surface area (TPSA) is 49.4 Å². The molecule has 2 aromatic rings. The average molecular weight is 377 g/mol. The smallest absolute Gasteiger partial charge is 0.238 e. The third-order valence-electron chi connectivity index (χ3n) is 3.59. The number of rotatable bonds is 6. The van der Waals surface area contributed by atoms with E-state index in [9.17, 15) is 9.59 Å². The molecule has 0 aromatic heterocycles. The number of thioether (sulfide) groups is 2. The van der Waals surface area contributed by atoms with E-state index in [0.29, 0.717) is 28.9 Å². The van der Waals surface area contributed by atoms with E-state index in [1.807, 2.05) is 18.2 Å². The molecule has 4 nitrogen and oxygen atoms in total. The van der Waals surface area contributed by atoms with E-state index in [1.165, 1.54) is 34.3 Å². The van der Waals surface area contributed by atoms with E-state index in [4.69, 9.17) is 12.2 Å². The van der Waals surface area contributed by atoms with Crippen LogP contribution in [-0.2, 0) is 9.59 Å². The summed E-state index contributed by atoms with van der Waals surface area (Å²) in [6.07, 6.45) is 0. The van der Waals surface area contributed by atoms with Crippen LogP contribution in [-0.4, -0.2) is 45.6 Å². The van der Waals surface area contributed by atoms with Crippen molar-refractivity contribution in [2.24, 2.45) is 0 Å². The highest BCUT2D eigenvalue weighted by molar-refractivity contribution is 8.23. The van der Waals surface area contributed by atoms with Gasteiger partial charge in [0, 0.05) is 18.0 Å². The molecule has 0 aliphatic carbocycles. The summed E-state index contributed by atoms with van der Waals surface area (Å²) >= 11 is 7.98. The molecule has 1 saturated heterocycles. The number of thiocarbonyl (C=S) groups is 1. The SMILES string of the molecule is O=C(CSc1ccc2ccccc2c1)NCCN1C(=O)CSC1=S. The lowest BCUT2D eigenvalue weighted by Crippen LogP contribution is -2.37. The van der Waals surface area contributed by atoms with Crippen molar-refractivity contribution >= 4 is 62.6 Å². The van der Waals surface area contributed by atoms with Crippen LogP contribution in [0, 0.1) is 0 Å². The summed E-state index contributed by atoms with van der Waals surface area (Å²) in [5.41, 5.74) is 0. The monoisotopic (exact) mass is 376 g/mol. The fraction of sp³-hybridized carbons (Fsp3) is 0.235. The molecule has 1 fully saturated rings. The summed E-state index contributed by atoms with van der Waals surface area (Å²) in [5.74, 6) is 0.735. The van der Waals surface area contributed by atoms with Crippen molar-refractivity contribution in [1.82, 2.24) is 10.2 Å². The summed E-state index contributed by atoms with van der Waals surface area (Å²) in [6.45, 7) is 0.862. The third-order valence-corrected chi connectivity index (χ3v) is 6.02. The lowest BCUT2D eigenvalue weighted by atomic mass is 10.1. The van der Waals surface area contributed by atoms with E-state index in [2.05, 4.69) is 29.6 Å². The van der Waals surface area contributed by atoms with Gasteiger partial charge in [0.2, 0.25) is 11.8 Å². The number of carbonyl (C=O) groups is 2. The number of benzene rings is 2. The number of hydrogen-bond acceptors (Lipinski definition) is 5. The predicted molar refractivity (Wildman–Crippen MR) is 104 cm³/mol. The van der Waals surface area contributed by atoms with Crippen LogP contribution < -0.4 is 5.32 Å². The Morgan fingerprint density at radius 2 is 2.04 bits per heavy atom. The van der Waals surface area contributed by atoms with Crippen LogP contribution in [0.15, 0.2) is 47.4 Å². The first-order valence-electron chi connectivity index (χ1n) is 7.49. The molecule has 0 spiro atoms. The molecule has 0 saturated carbocycles. The van der Waals surface area contributed by atoms with Gasteiger partial charge in [-0.25, -0.2) is 0 Å². The summed E-state index contributed by atoms with van der Waals surface area (Å²) < 4.78 is 0.597. The van der Waals surface area contributed by atoms with Crippen molar-refractivity contribution in [2.75, 3.05) is 24.6 Å². The normalized spacial score (nSPS) is 14.4. The number of amides is 2. The average Bonchev–Trinajstić information content (AvgIpc) is 2.91. The second-order valence-corrected chi connectivity index (χ2v) is 7.91. The predicted octanol–water partition coefficient (Wildman–Crippen LogP) is 2.91. The molecule has 7 heteroatoms. The Labute approximate surface area is 154 Å². The number of nitrogens with one attached hydrogen (secondary N) is 1. The highest BCUT2D eigenvalue weighted by atomic mass is 32.2. The van der Waals surface area contributed by atoms with Crippen molar-refractivity contribution < 1.29 is 9.59 Å². The number of fused-ring (bicyclic) bond motifs is 1. The van der Waals surface area contributed by atoms with Crippen molar-refractivity contribution in [2.45, 2.75) is 4.90 Å². The molecule has 1 heterocycles. The first kappa shape index (κ1) is 17.3. The zero-order chi connectivity index (χ0) is 16.9. The molecule has 0 radical (unpaired) electrons. The molecule has 0 unspecified atom stereocenters. The highest BCUT2D eigenvalue weighted by Gasteiger charge is 2.25. The second-order valence-electron chi connectivity index (χ2n) is 5.25. The second kappa shape index (κ2) is 8.00. The minimum atomic E-state index is -0.0432. The lowest BCUT2D eigenvalue weighted by Gasteiger charge is -2.15. The van der Waals surface area contributed by atoms with Crippen molar-refractivity contribution in [3.8, 4) is 0 Å². The van der Waals surface area contributed by atoms with Crippen LogP contribution in [0.3, 0.4) is 0 Å². The standard InChI is InChI=1S/C17H16N2O2S3/c20-15(18-7-8-19-16(21)11-24-17(19)22)10-23-14-6-5-12-3-1-2-4-13(12)9-14/h1-6,9H,7-8,10-11H2,(H,18,20). The maximum absolute atomic E-state index is 11.9.